The fourth-order valence-corrected chi connectivity index (χ4v) is 2.30. The van der Waals surface area contributed by atoms with Crippen LogP contribution in [0, 0.1) is 11.8 Å². The maximum atomic E-state index is 12.0. The molecule has 3 unspecified atom stereocenters. The van der Waals surface area contributed by atoms with Crippen LogP contribution in [-0.2, 0) is 9.53 Å². The Morgan fingerprint density at radius 3 is 2.28 bits per heavy atom. The van der Waals surface area contributed by atoms with E-state index in [2.05, 4.69) is 0 Å². The average molecular weight is 257 g/mol. The first-order valence-corrected chi connectivity index (χ1v) is 6.34. The van der Waals surface area contributed by atoms with Crippen molar-refractivity contribution in [3.63, 3.8) is 0 Å². The van der Waals surface area contributed by atoms with Gasteiger partial charge in [0.05, 0.1) is 5.92 Å². The number of amides is 1. The van der Waals surface area contributed by atoms with E-state index in [9.17, 15) is 9.59 Å². The molecule has 1 saturated heterocycles. The van der Waals surface area contributed by atoms with Crippen molar-refractivity contribution in [2.75, 3.05) is 6.54 Å². The summed E-state index contributed by atoms with van der Waals surface area (Å²) >= 11 is 0. The molecule has 0 aromatic carbocycles. The van der Waals surface area contributed by atoms with Crippen LogP contribution in [-0.4, -0.2) is 40.3 Å². The first kappa shape index (κ1) is 14.8. The molecule has 0 saturated carbocycles. The number of piperidine rings is 1. The van der Waals surface area contributed by atoms with Gasteiger partial charge in [-0.05, 0) is 40.0 Å². The van der Waals surface area contributed by atoms with Crippen molar-refractivity contribution in [3.8, 4) is 0 Å². The van der Waals surface area contributed by atoms with E-state index in [1.54, 1.807) is 20.8 Å². The second kappa shape index (κ2) is 5.16. The lowest BCUT2D eigenvalue weighted by Gasteiger charge is -2.40. The maximum absolute atomic E-state index is 12.0. The molecular formula is C13H23NO4. The summed E-state index contributed by atoms with van der Waals surface area (Å²) in [5, 5.41) is 9.15. The quantitative estimate of drug-likeness (QED) is 0.783. The van der Waals surface area contributed by atoms with Gasteiger partial charge in [0.1, 0.15) is 5.60 Å². The highest BCUT2D eigenvalue weighted by Crippen LogP contribution is 2.29. The maximum Gasteiger partial charge on any atom is 0.410 e. The molecular weight excluding hydrogens is 234 g/mol. The monoisotopic (exact) mass is 257 g/mol. The predicted molar refractivity (Wildman–Crippen MR) is 67.3 cm³/mol. The molecule has 0 spiro atoms. The largest absolute Gasteiger partial charge is 0.481 e. The summed E-state index contributed by atoms with van der Waals surface area (Å²) in [5.41, 5.74) is -0.557. The Labute approximate surface area is 108 Å². The van der Waals surface area contributed by atoms with Crippen LogP contribution in [0.1, 0.15) is 41.0 Å². The number of carboxylic acids is 1. The van der Waals surface area contributed by atoms with E-state index >= 15 is 0 Å². The van der Waals surface area contributed by atoms with Crippen LogP contribution in [0.15, 0.2) is 0 Å². The smallest absolute Gasteiger partial charge is 0.410 e. The van der Waals surface area contributed by atoms with Crippen LogP contribution in [0.5, 0.6) is 0 Å². The molecule has 5 nitrogen and oxygen atoms in total. The second-order valence-electron chi connectivity index (χ2n) is 6.14. The fourth-order valence-electron chi connectivity index (χ4n) is 2.30. The molecule has 0 aromatic rings. The van der Waals surface area contributed by atoms with Crippen LogP contribution in [0.3, 0.4) is 0 Å². The molecule has 0 aromatic heterocycles. The van der Waals surface area contributed by atoms with Crippen molar-refractivity contribution >= 4 is 12.1 Å². The minimum atomic E-state index is -0.844. The Kier molecular flexibility index (Phi) is 4.24. The van der Waals surface area contributed by atoms with Crippen LogP contribution >= 0.6 is 0 Å². The lowest BCUT2D eigenvalue weighted by molar-refractivity contribution is -0.146. The van der Waals surface area contributed by atoms with E-state index in [1.165, 1.54) is 4.90 Å². The molecule has 5 heteroatoms. The lowest BCUT2D eigenvalue weighted by atomic mass is 9.84. The van der Waals surface area contributed by atoms with Gasteiger partial charge in [-0.1, -0.05) is 6.92 Å². The first-order chi connectivity index (χ1) is 8.11. The minimum Gasteiger partial charge on any atom is -0.481 e. The van der Waals surface area contributed by atoms with E-state index in [0.29, 0.717) is 6.42 Å². The van der Waals surface area contributed by atoms with Crippen LogP contribution < -0.4 is 0 Å². The molecule has 18 heavy (non-hydrogen) atoms. The van der Waals surface area contributed by atoms with Crippen molar-refractivity contribution in [2.45, 2.75) is 52.7 Å². The number of rotatable bonds is 1. The third kappa shape index (κ3) is 3.62. The molecule has 3 atom stereocenters. The molecule has 1 fully saturated rings. The van der Waals surface area contributed by atoms with E-state index in [0.717, 1.165) is 0 Å². The van der Waals surface area contributed by atoms with Gasteiger partial charge >= 0.3 is 12.1 Å². The second-order valence-corrected chi connectivity index (χ2v) is 6.14. The molecule has 0 bridgehead atoms. The molecule has 1 N–H and O–H groups in total. The molecule has 1 aliphatic heterocycles. The Hall–Kier alpha value is -1.26. The van der Waals surface area contributed by atoms with Gasteiger partial charge in [0.25, 0.3) is 0 Å². The first-order valence-electron chi connectivity index (χ1n) is 6.34. The van der Waals surface area contributed by atoms with Crippen molar-refractivity contribution in [1.82, 2.24) is 4.90 Å². The Morgan fingerprint density at radius 1 is 1.28 bits per heavy atom. The standard InChI is InChI=1S/C13H23NO4/c1-8-6-9(2)14(7-10(8)11(15)16)12(17)18-13(3,4)5/h8-10H,6-7H2,1-5H3,(H,15,16). The number of nitrogens with zero attached hydrogens (tertiary/aromatic N) is 1. The van der Waals surface area contributed by atoms with Crippen molar-refractivity contribution < 1.29 is 19.4 Å². The van der Waals surface area contributed by atoms with Gasteiger partial charge in [-0.15, -0.1) is 0 Å². The van der Waals surface area contributed by atoms with Gasteiger partial charge in [-0.25, -0.2) is 4.79 Å². The summed E-state index contributed by atoms with van der Waals surface area (Å²) in [6, 6.07) is 0.0189. The van der Waals surface area contributed by atoms with Crippen LogP contribution in [0.2, 0.25) is 0 Å². The van der Waals surface area contributed by atoms with Gasteiger partial charge in [0.2, 0.25) is 0 Å². The topological polar surface area (TPSA) is 66.8 Å². The molecule has 1 amide bonds. The Bertz CT molecular complexity index is 334. The van der Waals surface area contributed by atoms with Crippen molar-refractivity contribution in [1.29, 1.82) is 0 Å². The Morgan fingerprint density at radius 2 is 1.83 bits per heavy atom. The third-order valence-electron chi connectivity index (χ3n) is 3.27. The summed E-state index contributed by atoms with van der Waals surface area (Å²) in [6.45, 7) is 9.48. The van der Waals surface area contributed by atoms with E-state index in [1.807, 2.05) is 13.8 Å². The molecule has 104 valence electrons. The summed E-state index contributed by atoms with van der Waals surface area (Å²) in [4.78, 5) is 24.7. The molecule has 1 rings (SSSR count). The fraction of sp³-hybridized carbons (Fsp3) is 0.846. The van der Waals surface area contributed by atoms with Gasteiger partial charge in [-0.2, -0.15) is 0 Å². The van der Waals surface area contributed by atoms with Crippen molar-refractivity contribution in [3.05, 3.63) is 0 Å². The zero-order valence-corrected chi connectivity index (χ0v) is 11.8. The third-order valence-corrected chi connectivity index (χ3v) is 3.27. The number of hydrogen-bond donors (Lipinski definition) is 1. The number of ether oxygens (including phenoxy) is 1. The predicted octanol–water partition coefficient (Wildman–Crippen LogP) is 2.35. The average Bonchev–Trinajstić information content (AvgIpc) is 2.13. The van der Waals surface area contributed by atoms with E-state index in [4.69, 9.17) is 9.84 Å². The molecule has 1 heterocycles. The normalized spacial score (nSPS) is 28.9. The van der Waals surface area contributed by atoms with Gasteiger partial charge < -0.3 is 14.7 Å². The lowest BCUT2D eigenvalue weighted by Crippen LogP contribution is -2.51. The zero-order chi connectivity index (χ0) is 14.1. The summed E-state index contributed by atoms with van der Waals surface area (Å²) < 4.78 is 5.30. The SMILES string of the molecule is CC1CC(C)N(C(=O)OC(C)(C)C)CC1C(=O)O. The van der Waals surface area contributed by atoms with Crippen LogP contribution in [0.4, 0.5) is 4.79 Å². The molecule has 1 aliphatic rings. The minimum absolute atomic E-state index is 0.0189. The summed E-state index contributed by atoms with van der Waals surface area (Å²) in [7, 11) is 0. The highest BCUT2D eigenvalue weighted by atomic mass is 16.6. The van der Waals surface area contributed by atoms with Gasteiger partial charge in [-0.3, -0.25) is 4.79 Å². The Balaban J connectivity index is 2.76. The summed E-state index contributed by atoms with van der Waals surface area (Å²) in [6.07, 6.45) is 0.268. The van der Waals surface area contributed by atoms with Gasteiger partial charge in [0, 0.05) is 12.6 Å². The number of carboxylic acid groups (broad SMARTS) is 1. The molecule has 0 radical (unpaired) electrons. The van der Waals surface area contributed by atoms with E-state index in [-0.39, 0.29) is 18.5 Å². The van der Waals surface area contributed by atoms with Crippen molar-refractivity contribution in [2.24, 2.45) is 11.8 Å². The summed E-state index contributed by atoms with van der Waals surface area (Å²) in [5.74, 6) is -1.27. The zero-order valence-electron chi connectivity index (χ0n) is 11.8. The van der Waals surface area contributed by atoms with E-state index < -0.39 is 23.6 Å². The van der Waals surface area contributed by atoms with Gasteiger partial charge in [0.15, 0.2) is 0 Å². The highest BCUT2D eigenvalue weighted by Gasteiger charge is 2.38. The van der Waals surface area contributed by atoms with Crippen LogP contribution in [0.25, 0.3) is 0 Å². The number of carbonyl (C=O) groups excluding carboxylic acids is 1. The number of carbonyl (C=O) groups is 2. The number of hydrogen-bond acceptors (Lipinski definition) is 3. The molecule has 0 aliphatic carbocycles. The highest BCUT2D eigenvalue weighted by molar-refractivity contribution is 5.74. The number of aliphatic carboxylic acids is 1. The number of likely N-dealkylation sites (tertiary alicyclic amines) is 1.